The van der Waals surface area contributed by atoms with Gasteiger partial charge in [-0.2, -0.15) is 0 Å². The van der Waals surface area contributed by atoms with Gasteiger partial charge in [0.1, 0.15) is 0 Å². The van der Waals surface area contributed by atoms with E-state index in [0.717, 1.165) is 56.2 Å². The van der Waals surface area contributed by atoms with Crippen LogP contribution in [0.2, 0.25) is 0 Å². The average Bonchev–Trinajstić information content (AvgIpc) is 2.79. The minimum absolute atomic E-state index is 0.00811. The van der Waals surface area contributed by atoms with Gasteiger partial charge in [-0.15, -0.1) is 0 Å². The minimum Gasteiger partial charge on any atom is -0.378 e. The van der Waals surface area contributed by atoms with Crippen molar-refractivity contribution in [3.05, 3.63) is 54.4 Å². The Labute approximate surface area is 178 Å². The van der Waals surface area contributed by atoms with Crippen molar-refractivity contribution in [1.29, 1.82) is 0 Å². The van der Waals surface area contributed by atoms with Gasteiger partial charge < -0.3 is 19.9 Å². The van der Waals surface area contributed by atoms with Crippen molar-refractivity contribution in [3.63, 3.8) is 0 Å². The van der Waals surface area contributed by atoms with Gasteiger partial charge in [-0.25, -0.2) is 0 Å². The molecule has 0 atom stereocenters. The van der Waals surface area contributed by atoms with Crippen molar-refractivity contribution in [1.82, 2.24) is 9.88 Å². The highest BCUT2D eigenvalue weighted by atomic mass is 16.5. The Balaban J connectivity index is 1.44. The number of hydrogen-bond donors (Lipinski definition) is 1. The number of anilines is 2. The van der Waals surface area contributed by atoms with Crippen molar-refractivity contribution >= 4 is 23.2 Å². The van der Waals surface area contributed by atoms with Crippen LogP contribution in [0.3, 0.4) is 0 Å². The maximum absolute atomic E-state index is 12.5. The summed E-state index contributed by atoms with van der Waals surface area (Å²) in [7, 11) is 0. The number of pyridine rings is 1. The molecule has 2 amide bonds. The molecule has 1 N–H and O–H groups in total. The molecule has 0 unspecified atom stereocenters. The Hall–Kier alpha value is -2.93. The van der Waals surface area contributed by atoms with E-state index in [9.17, 15) is 9.59 Å². The van der Waals surface area contributed by atoms with E-state index in [0.29, 0.717) is 13.0 Å². The number of nitrogens with zero attached hydrogens (tertiary/aromatic N) is 3. The number of carbonyl (C=O) groups excluding carboxylic acids is 2. The molecule has 30 heavy (non-hydrogen) atoms. The molecule has 0 aliphatic carbocycles. The molecule has 7 heteroatoms. The lowest BCUT2D eigenvalue weighted by atomic mass is 10.1. The summed E-state index contributed by atoms with van der Waals surface area (Å²) in [6.07, 6.45) is 3.64. The van der Waals surface area contributed by atoms with Crippen LogP contribution in [0.5, 0.6) is 0 Å². The number of carbonyl (C=O) groups is 2. The van der Waals surface area contributed by atoms with Crippen LogP contribution in [0.25, 0.3) is 0 Å². The van der Waals surface area contributed by atoms with Gasteiger partial charge in [0.25, 0.3) is 0 Å². The van der Waals surface area contributed by atoms with Crippen molar-refractivity contribution in [2.24, 2.45) is 0 Å². The molecular formula is C23H30N4O3. The first-order valence-electron chi connectivity index (χ1n) is 10.6. The number of amides is 2. The first-order chi connectivity index (χ1) is 14.7. The molecule has 3 rings (SSSR count). The van der Waals surface area contributed by atoms with Gasteiger partial charge in [0, 0.05) is 49.3 Å². The number of ether oxygens (including phenoxy) is 1. The van der Waals surface area contributed by atoms with Crippen molar-refractivity contribution in [3.8, 4) is 0 Å². The molecule has 1 aromatic heterocycles. The fraction of sp³-hybridized carbons (Fsp3) is 0.435. The van der Waals surface area contributed by atoms with E-state index in [2.05, 4.69) is 15.2 Å². The Bertz CT molecular complexity index is 805. The quantitative estimate of drug-likeness (QED) is 0.688. The third kappa shape index (κ3) is 6.56. The Morgan fingerprint density at radius 3 is 2.57 bits per heavy atom. The first kappa shape index (κ1) is 21.8. The van der Waals surface area contributed by atoms with Crippen LogP contribution >= 0.6 is 0 Å². The smallest absolute Gasteiger partial charge is 0.243 e. The van der Waals surface area contributed by atoms with Crippen LogP contribution in [0, 0.1) is 0 Å². The number of rotatable bonds is 9. The normalized spacial score (nSPS) is 13.7. The number of likely N-dealkylation sites (N-methyl/N-ethyl adjacent to an activating group) is 1. The van der Waals surface area contributed by atoms with Gasteiger partial charge in [-0.1, -0.05) is 6.07 Å². The van der Waals surface area contributed by atoms with Crippen molar-refractivity contribution in [2.45, 2.75) is 26.2 Å². The number of nitrogens with one attached hydrogen (secondary N) is 1. The van der Waals surface area contributed by atoms with Gasteiger partial charge in [0.15, 0.2) is 0 Å². The summed E-state index contributed by atoms with van der Waals surface area (Å²) < 4.78 is 5.38. The van der Waals surface area contributed by atoms with Crippen LogP contribution in [0.4, 0.5) is 11.4 Å². The number of aryl methyl sites for hydroxylation is 1. The van der Waals surface area contributed by atoms with E-state index in [4.69, 9.17) is 4.74 Å². The van der Waals surface area contributed by atoms with Crippen LogP contribution < -0.4 is 10.2 Å². The monoisotopic (exact) mass is 410 g/mol. The van der Waals surface area contributed by atoms with Crippen LogP contribution in [-0.2, 0) is 20.7 Å². The third-order valence-corrected chi connectivity index (χ3v) is 5.15. The average molecular weight is 411 g/mol. The summed E-state index contributed by atoms with van der Waals surface area (Å²) in [6.45, 7) is 5.68. The molecule has 0 spiro atoms. The second-order valence-corrected chi connectivity index (χ2v) is 7.28. The summed E-state index contributed by atoms with van der Waals surface area (Å²) in [5.74, 6) is -0.194. The largest absolute Gasteiger partial charge is 0.378 e. The maximum Gasteiger partial charge on any atom is 0.243 e. The highest BCUT2D eigenvalue weighted by Gasteiger charge is 2.16. The predicted octanol–water partition coefficient (Wildman–Crippen LogP) is 2.73. The highest BCUT2D eigenvalue weighted by Crippen LogP contribution is 2.19. The summed E-state index contributed by atoms with van der Waals surface area (Å²) >= 11 is 0. The van der Waals surface area contributed by atoms with Crippen LogP contribution in [-0.4, -0.2) is 61.1 Å². The maximum atomic E-state index is 12.5. The van der Waals surface area contributed by atoms with E-state index in [1.54, 1.807) is 11.1 Å². The third-order valence-electron chi connectivity index (χ3n) is 5.15. The molecule has 0 bridgehead atoms. The summed E-state index contributed by atoms with van der Waals surface area (Å²) in [6, 6.07) is 13.6. The van der Waals surface area contributed by atoms with Gasteiger partial charge in [0.2, 0.25) is 11.8 Å². The fourth-order valence-corrected chi connectivity index (χ4v) is 3.45. The minimum atomic E-state index is -0.186. The second-order valence-electron chi connectivity index (χ2n) is 7.28. The number of benzene rings is 1. The van der Waals surface area contributed by atoms with Crippen LogP contribution in [0.15, 0.2) is 48.7 Å². The molecule has 1 saturated heterocycles. The molecule has 1 fully saturated rings. The zero-order chi connectivity index (χ0) is 21.2. The van der Waals surface area contributed by atoms with Gasteiger partial charge in [0.05, 0.1) is 19.8 Å². The molecular weight excluding hydrogens is 380 g/mol. The van der Waals surface area contributed by atoms with Gasteiger partial charge in [-0.05, 0) is 56.2 Å². The molecule has 0 radical (unpaired) electrons. The molecule has 160 valence electrons. The Kier molecular flexibility index (Phi) is 8.20. The summed E-state index contributed by atoms with van der Waals surface area (Å²) in [4.78, 5) is 33.0. The van der Waals surface area contributed by atoms with E-state index >= 15 is 0 Å². The van der Waals surface area contributed by atoms with E-state index < -0.39 is 0 Å². The predicted molar refractivity (Wildman–Crippen MR) is 118 cm³/mol. The second kappa shape index (κ2) is 11.3. The molecule has 1 aliphatic heterocycles. The first-order valence-corrected chi connectivity index (χ1v) is 10.6. The topological polar surface area (TPSA) is 74.8 Å². The molecule has 1 aliphatic rings. The lowest BCUT2D eigenvalue weighted by molar-refractivity contribution is -0.134. The molecule has 0 saturated carbocycles. The standard InChI is InChI=1S/C23H30N4O3/c1-2-26(23(29)8-5-7-19-6-3-4-13-24-19)18-22(28)25-20-9-11-21(12-10-20)27-14-16-30-17-15-27/h3-4,6,9-13H,2,5,7-8,14-18H2,1H3,(H,25,28). The SMILES string of the molecule is CCN(CC(=O)Nc1ccc(N2CCOCC2)cc1)C(=O)CCCc1ccccn1. The van der Waals surface area contributed by atoms with Gasteiger partial charge >= 0.3 is 0 Å². The Morgan fingerprint density at radius 2 is 1.90 bits per heavy atom. The number of morpholine rings is 1. The lowest BCUT2D eigenvalue weighted by Crippen LogP contribution is -2.37. The molecule has 2 heterocycles. The summed E-state index contributed by atoms with van der Waals surface area (Å²) in [5.41, 5.74) is 2.83. The van der Waals surface area contributed by atoms with Crippen molar-refractivity contribution < 1.29 is 14.3 Å². The summed E-state index contributed by atoms with van der Waals surface area (Å²) in [5, 5.41) is 2.89. The molecule has 1 aromatic carbocycles. The molecule has 2 aromatic rings. The number of hydrogen-bond acceptors (Lipinski definition) is 5. The van der Waals surface area contributed by atoms with Crippen LogP contribution in [0.1, 0.15) is 25.5 Å². The number of aromatic nitrogens is 1. The zero-order valence-electron chi connectivity index (χ0n) is 17.5. The fourth-order valence-electron chi connectivity index (χ4n) is 3.45. The highest BCUT2D eigenvalue weighted by molar-refractivity contribution is 5.94. The lowest BCUT2D eigenvalue weighted by Gasteiger charge is -2.29. The van der Waals surface area contributed by atoms with E-state index in [1.165, 1.54) is 0 Å². The zero-order valence-corrected chi connectivity index (χ0v) is 17.5. The van der Waals surface area contributed by atoms with E-state index in [1.807, 2.05) is 49.4 Å². The van der Waals surface area contributed by atoms with Crippen molar-refractivity contribution in [2.75, 3.05) is 49.6 Å². The Morgan fingerprint density at radius 1 is 1.13 bits per heavy atom. The van der Waals surface area contributed by atoms with Gasteiger partial charge in [-0.3, -0.25) is 14.6 Å². The molecule has 7 nitrogen and oxygen atoms in total. The van der Waals surface area contributed by atoms with E-state index in [-0.39, 0.29) is 18.4 Å².